The van der Waals surface area contributed by atoms with E-state index < -0.39 is 4.92 Å². The van der Waals surface area contributed by atoms with Gasteiger partial charge in [-0.3, -0.25) is 14.9 Å². The Morgan fingerprint density at radius 1 is 1.60 bits per heavy atom. The van der Waals surface area contributed by atoms with Crippen LogP contribution in [0.2, 0.25) is 5.02 Å². The van der Waals surface area contributed by atoms with Crippen LogP contribution in [0.5, 0.6) is 0 Å². The number of nitro groups is 1. The molecule has 20 heavy (non-hydrogen) atoms. The minimum atomic E-state index is -0.567. The normalized spacial score (nSPS) is 18.3. The molecule has 2 rings (SSSR count). The highest BCUT2D eigenvalue weighted by atomic mass is 35.5. The molecule has 108 valence electrons. The summed E-state index contributed by atoms with van der Waals surface area (Å²) in [7, 11) is 1.83. The van der Waals surface area contributed by atoms with E-state index in [2.05, 4.69) is 5.32 Å². The topological polar surface area (TPSA) is 75.5 Å². The van der Waals surface area contributed by atoms with E-state index in [1.54, 1.807) is 4.90 Å². The number of benzene rings is 1. The number of halogens is 1. The monoisotopic (exact) mass is 297 g/mol. The van der Waals surface area contributed by atoms with Gasteiger partial charge in [0.2, 0.25) is 0 Å². The van der Waals surface area contributed by atoms with Crippen molar-refractivity contribution in [3.63, 3.8) is 0 Å². The number of carbonyl (C=O) groups is 1. The molecule has 0 saturated carbocycles. The van der Waals surface area contributed by atoms with Crippen LogP contribution in [0.3, 0.4) is 0 Å². The summed E-state index contributed by atoms with van der Waals surface area (Å²) in [5.74, 6) is -0.300. The molecule has 1 saturated heterocycles. The predicted octanol–water partition coefficient (Wildman–Crippen LogP) is 2.07. The number of hydrogen-bond acceptors (Lipinski definition) is 4. The van der Waals surface area contributed by atoms with E-state index in [-0.39, 0.29) is 28.2 Å². The van der Waals surface area contributed by atoms with Crippen LogP contribution >= 0.6 is 11.6 Å². The van der Waals surface area contributed by atoms with Crippen molar-refractivity contribution in [2.75, 3.05) is 20.1 Å². The highest BCUT2D eigenvalue weighted by Crippen LogP contribution is 2.27. The lowest BCUT2D eigenvalue weighted by molar-refractivity contribution is -0.385. The minimum absolute atomic E-state index is 0.0859. The first-order valence-corrected chi connectivity index (χ1v) is 6.82. The zero-order chi connectivity index (χ0) is 14.7. The third-order valence-corrected chi connectivity index (χ3v) is 3.70. The second-order valence-electron chi connectivity index (χ2n) is 4.77. The molecular weight excluding hydrogens is 282 g/mol. The van der Waals surface area contributed by atoms with Gasteiger partial charge in [-0.2, -0.15) is 0 Å². The molecule has 1 amide bonds. The summed E-state index contributed by atoms with van der Waals surface area (Å²) in [5.41, 5.74) is -0.139. The van der Waals surface area contributed by atoms with E-state index in [0.29, 0.717) is 13.1 Å². The van der Waals surface area contributed by atoms with E-state index in [4.69, 9.17) is 11.6 Å². The van der Waals surface area contributed by atoms with E-state index in [0.717, 1.165) is 12.8 Å². The second kappa shape index (κ2) is 6.19. The van der Waals surface area contributed by atoms with Gasteiger partial charge in [0.05, 0.1) is 4.92 Å². The van der Waals surface area contributed by atoms with Gasteiger partial charge < -0.3 is 10.2 Å². The van der Waals surface area contributed by atoms with Gasteiger partial charge in [-0.05, 0) is 32.0 Å². The summed E-state index contributed by atoms with van der Waals surface area (Å²) in [6.07, 6.45) is 1.83. The van der Waals surface area contributed by atoms with Crippen molar-refractivity contribution in [2.45, 2.75) is 18.9 Å². The van der Waals surface area contributed by atoms with Gasteiger partial charge in [-0.25, -0.2) is 0 Å². The van der Waals surface area contributed by atoms with Crippen LogP contribution < -0.4 is 5.32 Å². The summed E-state index contributed by atoms with van der Waals surface area (Å²) in [6, 6.07) is 4.24. The molecule has 1 N–H and O–H groups in total. The Morgan fingerprint density at radius 2 is 2.35 bits per heavy atom. The molecule has 1 aromatic rings. The maximum Gasteiger partial charge on any atom is 0.283 e. The quantitative estimate of drug-likeness (QED) is 0.682. The van der Waals surface area contributed by atoms with Crippen molar-refractivity contribution in [2.24, 2.45) is 0 Å². The molecule has 0 aromatic heterocycles. The highest BCUT2D eigenvalue weighted by Gasteiger charge is 2.32. The molecule has 1 heterocycles. The van der Waals surface area contributed by atoms with Crippen molar-refractivity contribution in [3.8, 4) is 0 Å². The fourth-order valence-corrected chi connectivity index (χ4v) is 2.71. The molecule has 1 unspecified atom stereocenters. The zero-order valence-corrected chi connectivity index (χ0v) is 11.9. The zero-order valence-electron chi connectivity index (χ0n) is 11.1. The Bertz CT molecular complexity index is 536. The largest absolute Gasteiger partial charge is 0.334 e. The SMILES string of the molecule is CNCC1CCCN1C(=O)c1ccc(Cl)cc1[N+](=O)[O-]. The number of hydrogen-bond donors (Lipinski definition) is 1. The fraction of sp³-hybridized carbons (Fsp3) is 0.462. The Kier molecular flexibility index (Phi) is 4.57. The molecule has 1 atom stereocenters. The van der Waals surface area contributed by atoms with Gasteiger partial charge in [0.15, 0.2) is 0 Å². The fourth-order valence-electron chi connectivity index (χ4n) is 2.54. The number of nitro benzene ring substituents is 1. The molecule has 0 radical (unpaired) electrons. The number of carbonyl (C=O) groups excluding carboxylic acids is 1. The molecule has 7 heteroatoms. The molecule has 0 spiro atoms. The highest BCUT2D eigenvalue weighted by molar-refractivity contribution is 6.31. The van der Waals surface area contributed by atoms with Crippen molar-refractivity contribution in [1.29, 1.82) is 0 Å². The molecule has 1 aliphatic rings. The lowest BCUT2D eigenvalue weighted by Gasteiger charge is -2.24. The van der Waals surface area contributed by atoms with Gasteiger partial charge in [0.1, 0.15) is 5.56 Å². The van der Waals surface area contributed by atoms with E-state index >= 15 is 0 Å². The molecule has 6 nitrogen and oxygen atoms in total. The van der Waals surface area contributed by atoms with Crippen molar-refractivity contribution < 1.29 is 9.72 Å². The number of amides is 1. The maximum atomic E-state index is 12.5. The smallest absolute Gasteiger partial charge is 0.283 e. The number of nitrogens with zero attached hydrogens (tertiary/aromatic N) is 2. The minimum Gasteiger partial charge on any atom is -0.334 e. The number of likely N-dealkylation sites (tertiary alicyclic amines) is 1. The Hall–Kier alpha value is -1.66. The Balaban J connectivity index is 2.31. The van der Waals surface area contributed by atoms with Crippen LogP contribution in [0.15, 0.2) is 18.2 Å². The predicted molar refractivity (Wildman–Crippen MR) is 76.1 cm³/mol. The molecule has 1 aromatic carbocycles. The Morgan fingerprint density at radius 3 is 3.00 bits per heavy atom. The summed E-state index contributed by atoms with van der Waals surface area (Å²) in [4.78, 5) is 24.7. The first-order chi connectivity index (χ1) is 9.54. The number of rotatable bonds is 4. The van der Waals surface area contributed by atoms with Crippen LogP contribution in [0.4, 0.5) is 5.69 Å². The molecule has 0 aliphatic carbocycles. The molecule has 0 bridgehead atoms. The second-order valence-corrected chi connectivity index (χ2v) is 5.21. The van der Waals surface area contributed by atoms with Crippen molar-refractivity contribution in [1.82, 2.24) is 10.2 Å². The Labute approximate surface area is 121 Å². The van der Waals surface area contributed by atoms with Gasteiger partial charge in [0.25, 0.3) is 11.6 Å². The average molecular weight is 298 g/mol. The third-order valence-electron chi connectivity index (χ3n) is 3.46. The van der Waals surface area contributed by atoms with Gasteiger partial charge in [-0.15, -0.1) is 0 Å². The maximum absolute atomic E-state index is 12.5. The van der Waals surface area contributed by atoms with E-state index in [1.165, 1.54) is 18.2 Å². The first-order valence-electron chi connectivity index (χ1n) is 6.44. The van der Waals surface area contributed by atoms with Crippen LogP contribution in [-0.4, -0.2) is 41.9 Å². The van der Waals surface area contributed by atoms with Crippen LogP contribution in [-0.2, 0) is 0 Å². The first kappa shape index (κ1) is 14.7. The van der Waals surface area contributed by atoms with Crippen molar-refractivity contribution >= 4 is 23.2 Å². The number of likely N-dealkylation sites (N-methyl/N-ethyl adjacent to an activating group) is 1. The summed E-state index contributed by atoms with van der Waals surface area (Å²) in [5, 5.41) is 14.4. The van der Waals surface area contributed by atoms with Gasteiger partial charge in [-0.1, -0.05) is 11.6 Å². The lowest BCUT2D eigenvalue weighted by Crippen LogP contribution is -2.41. The standard InChI is InChI=1S/C13H16ClN3O3/c1-15-8-10-3-2-6-16(10)13(18)11-5-4-9(14)7-12(11)17(19)20/h4-5,7,10,15H,2-3,6,8H2,1H3. The van der Waals surface area contributed by atoms with E-state index in [9.17, 15) is 14.9 Å². The van der Waals surface area contributed by atoms with Gasteiger partial charge in [0, 0.05) is 30.2 Å². The molecular formula is C13H16ClN3O3. The number of nitrogens with one attached hydrogen (secondary N) is 1. The summed E-state index contributed by atoms with van der Waals surface area (Å²) in [6.45, 7) is 1.32. The van der Waals surface area contributed by atoms with Crippen LogP contribution in [0.1, 0.15) is 23.2 Å². The summed E-state index contributed by atoms with van der Waals surface area (Å²) >= 11 is 5.76. The van der Waals surface area contributed by atoms with E-state index in [1.807, 2.05) is 7.05 Å². The van der Waals surface area contributed by atoms with Crippen LogP contribution in [0, 0.1) is 10.1 Å². The van der Waals surface area contributed by atoms with Crippen LogP contribution in [0.25, 0.3) is 0 Å². The summed E-state index contributed by atoms with van der Waals surface area (Å²) < 4.78 is 0. The van der Waals surface area contributed by atoms with Gasteiger partial charge >= 0.3 is 0 Å². The lowest BCUT2D eigenvalue weighted by atomic mass is 10.1. The molecule has 1 fully saturated rings. The third kappa shape index (κ3) is 2.91. The average Bonchev–Trinajstić information content (AvgIpc) is 2.86. The molecule has 1 aliphatic heterocycles. The van der Waals surface area contributed by atoms with Crippen molar-refractivity contribution in [3.05, 3.63) is 38.9 Å².